The van der Waals surface area contributed by atoms with Crippen molar-refractivity contribution in [3.8, 4) is 17.6 Å². The maximum absolute atomic E-state index is 12.3. The first kappa shape index (κ1) is 19.2. The molecule has 1 N–H and O–H groups in total. The number of nitrogens with zero attached hydrogens (tertiary/aromatic N) is 2. The van der Waals surface area contributed by atoms with E-state index in [-0.39, 0.29) is 11.9 Å². The number of carbonyl (C=O) groups is 1. The average Bonchev–Trinajstić information content (AvgIpc) is 3.34. The van der Waals surface area contributed by atoms with E-state index >= 15 is 0 Å². The average molecular weight is 385 g/mol. The number of methoxy groups -OCH3 is 2. The molecule has 0 bridgehead atoms. The number of nitriles is 1. The number of likely N-dealkylation sites (tertiary alicyclic amines) is 1. The zero-order valence-electron chi connectivity index (χ0n) is 15.5. The third kappa shape index (κ3) is 4.41. The summed E-state index contributed by atoms with van der Waals surface area (Å²) in [4.78, 5) is 14.6. The number of nitrogens with one attached hydrogen (secondary N) is 1. The summed E-state index contributed by atoms with van der Waals surface area (Å²) in [7, 11) is 3.30. The number of carbonyl (C=O) groups excluding carboxylic acids is 1. The molecule has 1 amide bonds. The lowest BCUT2D eigenvalue weighted by atomic mass is 10.0. The van der Waals surface area contributed by atoms with Crippen molar-refractivity contribution in [2.75, 3.05) is 32.6 Å². The predicted molar refractivity (Wildman–Crippen MR) is 105 cm³/mol. The molecule has 2 heterocycles. The number of rotatable bonds is 7. The highest BCUT2D eigenvalue weighted by Crippen LogP contribution is 2.38. The number of hydrogen-bond donors (Lipinski definition) is 1. The highest BCUT2D eigenvalue weighted by Gasteiger charge is 2.28. The SMILES string of the molecule is COc1ccc(C2CCCN2CCC(=O)Nc2sccc2C#N)c(OC)c1. The second-order valence-corrected chi connectivity index (χ2v) is 7.29. The number of amides is 1. The van der Waals surface area contributed by atoms with Crippen LogP contribution in [0.5, 0.6) is 11.5 Å². The summed E-state index contributed by atoms with van der Waals surface area (Å²) in [5.74, 6) is 1.51. The van der Waals surface area contributed by atoms with Gasteiger partial charge in [-0.2, -0.15) is 5.26 Å². The minimum Gasteiger partial charge on any atom is -0.497 e. The van der Waals surface area contributed by atoms with Crippen molar-refractivity contribution in [3.63, 3.8) is 0 Å². The van der Waals surface area contributed by atoms with E-state index in [9.17, 15) is 4.79 Å². The Morgan fingerprint density at radius 3 is 2.96 bits per heavy atom. The van der Waals surface area contributed by atoms with Gasteiger partial charge in [0, 0.05) is 30.6 Å². The normalized spacial score (nSPS) is 16.7. The van der Waals surface area contributed by atoms with Gasteiger partial charge in [0.15, 0.2) is 0 Å². The highest BCUT2D eigenvalue weighted by atomic mass is 32.1. The van der Waals surface area contributed by atoms with E-state index in [4.69, 9.17) is 14.7 Å². The fourth-order valence-corrected chi connectivity index (χ4v) is 4.22. The van der Waals surface area contributed by atoms with E-state index in [1.807, 2.05) is 18.2 Å². The quantitative estimate of drug-likeness (QED) is 0.785. The fourth-order valence-electron chi connectivity index (χ4n) is 3.47. The molecule has 0 radical (unpaired) electrons. The molecule has 6 nitrogen and oxygen atoms in total. The Morgan fingerprint density at radius 1 is 1.37 bits per heavy atom. The van der Waals surface area contributed by atoms with E-state index in [1.54, 1.807) is 25.7 Å². The third-order valence-corrected chi connectivity index (χ3v) is 5.66. The molecule has 1 aromatic carbocycles. The van der Waals surface area contributed by atoms with Crippen molar-refractivity contribution in [2.24, 2.45) is 0 Å². The smallest absolute Gasteiger partial charge is 0.226 e. The number of ether oxygens (including phenoxy) is 2. The Bertz CT molecular complexity index is 843. The lowest BCUT2D eigenvalue weighted by Crippen LogP contribution is -2.28. The maximum atomic E-state index is 12.3. The Balaban J connectivity index is 1.63. The van der Waals surface area contributed by atoms with Crippen molar-refractivity contribution in [3.05, 3.63) is 40.8 Å². The van der Waals surface area contributed by atoms with Gasteiger partial charge < -0.3 is 14.8 Å². The summed E-state index contributed by atoms with van der Waals surface area (Å²) < 4.78 is 10.8. The third-order valence-electron chi connectivity index (χ3n) is 4.83. The van der Waals surface area contributed by atoms with Crippen LogP contribution in [-0.4, -0.2) is 38.1 Å². The van der Waals surface area contributed by atoms with Crippen molar-refractivity contribution in [1.82, 2.24) is 4.90 Å². The molecule has 0 spiro atoms. The van der Waals surface area contributed by atoms with Crippen molar-refractivity contribution < 1.29 is 14.3 Å². The number of hydrogen-bond acceptors (Lipinski definition) is 6. The summed E-state index contributed by atoms with van der Waals surface area (Å²) in [5, 5.41) is 14.3. The van der Waals surface area contributed by atoms with Crippen LogP contribution in [0.15, 0.2) is 29.6 Å². The minimum atomic E-state index is -0.0682. The second-order valence-electron chi connectivity index (χ2n) is 6.38. The molecule has 7 heteroatoms. The van der Waals surface area contributed by atoms with E-state index in [0.717, 1.165) is 36.4 Å². The summed E-state index contributed by atoms with van der Waals surface area (Å²) in [5.41, 5.74) is 1.64. The van der Waals surface area contributed by atoms with Crippen molar-refractivity contribution >= 4 is 22.2 Å². The predicted octanol–water partition coefficient (Wildman–Crippen LogP) is 3.80. The molecule has 1 aliphatic heterocycles. The van der Waals surface area contributed by atoms with E-state index in [2.05, 4.69) is 16.3 Å². The van der Waals surface area contributed by atoms with Crippen LogP contribution < -0.4 is 14.8 Å². The van der Waals surface area contributed by atoms with Crippen LogP contribution in [0.25, 0.3) is 0 Å². The second kappa shape index (κ2) is 8.89. The van der Waals surface area contributed by atoms with Crippen LogP contribution in [0, 0.1) is 11.3 Å². The van der Waals surface area contributed by atoms with Gasteiger partial charge in [0.25, 0.3) is 0 Å². The molecule has 0 saturated carbocycles. The lowest BCUT2D eigenvalue weighted by molar-refractivity contribution is -0.116. The van der Waals surface area contributed by atoms with E-state index in [1.165, 1.54) is 11.3 Å². The first-order valence-electron chi connectivity index (χ1n) is 8.89. The van der Waals surface area contributed by atoms with Crippen LogP contribution >= 0.6 is 11.3 Å². The fraction of sp³-hybridized carbons (Fsp3) is 0.400. The molecular formula is C20H23N3O3S. The monoisotopic (exact) mass is 385 g/mol. The van der Waals surface area contributed by atoms with Crippen LogP contribution in [0.3, 0.4) is 0 Å². The Kier molecular flexibility index (Phi) is 6.32. The molecule has 0 aliphatic carbocycles. The molecule has 1 unspecified atom stereocenters. The van der Waals surface area contributed by atoms with Gasteiger partial charge in [-0.3, -0.25) is 9.69 Å². The van der Waals surface area contributed by atoms with Gasteiger partial charge in [-0.1, -0.05) is 6.07 Å². The van der Waals surface area contributed by atoms with Crippen molar-refractivity contribution in [1.29, 1.82) is 5.26 Å². The molecule has 1 fully saturated rings. The number of anilines is 1. The van der Waals surface area contributed by atoms with Gasteiger partial charge in [-0.05, 0) is 36.9 Å². The molecule has 3 rings (SSSR count). The number of thiophene rings is 1. The van der Waals surface area contributed by atoms with E-state index in [0.29, 0.717) is 23.5 Å². The minimum absolute atomic E-state index is 0.0682. The van der Waals surface area contributed by atoms with Gasteiger partial charge >= 0.3 is 0 Å². The Morgan fingerprint density at radius 2 is 2.22 bits per heavy atom. The standard InChI is InChI=1S/C20H23N3O3S/c1-25-15-5-6-16(18(12-15)26-2)17-4-3-9-23(17)10-7-19(24)22-20-14(13-21)8-11-27-20/h5-6,8,11-12,17H,3-4,7,9-10H2,1-2H3,(H,22,24). The zero-order valence-corrected chi connectivity index (χ0v) is 16.3. The van der Waals surface area contributed by atoms with Crippen LogP contribution in [0.2, 0.25) is 0 Å². The van der Waals surface area contributed by atoms with Crippen LogP contribution in [0.4, 0.5) is 5.00 Å². The van der Waals surface area contributed by atoms with Crippen LogP contribution in [0.1, 0.15) is 36.4 Å². The summed E-state index contributed by atoms with van der Waals surface area (Å²) in [6.07, 6.45) is 2.51. The topological polar surface area (TPSA) is 74.6 Å². The van der Waals surface area contributed by atoms with Crippen molar-refractivity contribution in [2.45, 2.75) is 25.3 Å². The molecule has 2 aromatic rings. The van der Waals surface area contributed by atoms with Crippen LogP contribution in [-0.2, 0) is 4.79 Å². The molecule has 1 atom stereocenters. The first-order valence-corrected chi connectivity index (χ1v) is 9.77. The van der Waals surface area contributed by atoms with E-state index < -0.39 is 0 Å². The molecular weight excluding hydrogens is 362 g/mol. The Hall–Kier alpha value is -2.56. The molecule has 27 heavy (non-hydrogen) atoms. The van der Waals surface area contributed by atoms with Gasteiger partial charge in [0.05, 0.1) is 19.8 Å². The summed E-state index contributed by atoms with van der Waals surface area (Å²) >= 11 is 1.37. The van der Waals surface area contributed by atoms with Gasteiger partial charge in [-0.15, -0.1) is 11.3 Å². The number of benzene rings is 1. The Labute approximate surface area is 163 Å². The van der Waals surface area contributed by atoms with Gasteiger partial charge in [0.1, 0.15) is 22.6 Å². The zero-order chi connectivity index (χ0) is 19.2. The molecule has 1 saturated heterocycles. The molecule has 1 aromatic heterocycles. The summed E-state index contributed by atoms with van der Waals surface area (Å²) in [6, 6.07) is 9.93. The first-order chi connectivity index (χ1) is 13.2. The lowest BCUT2D eigenvalue weighted by Gasteiger charge is -2.26. The van der Waals surface area contributed by atoms with Gasteiger partial charge in [-0.25, -0.2) is 0 Å². The van der Waals surface area contributed by atoms with Gasteiger partial charge in [0.2, 0.25) is 5.91 Å². The largest absolute Gasteiger partial charge is 0.497 e. The summed E-state index contributed by atoms with van der Waals surface area (Å²) in [6.45, 7) is 1.62. The highest BCUT2D eigenvalue weighted by molar-refractivity contribution is 7.14. The molecule has 1 aliphatic rings. The maximum Gasteiger partial charge on any atom is 0.226 e. The molecule has 142 valence electrons.